The Balaban J connectivity index is 2.86. The van der Waals surface area contributed by atoms with Gasteiger partial charge in [-0.2, -0.15) is 0 Å². The highest BCUT2D eigenvalue weighted by molar-refractivity contribution is 7.59. The summed E-state index contributed by atoms with van der Waals surface area (Å²) in [7, 11) is 0. The maximum absolute atomic E-state index is 10.8. The number of rotatable bonds is 3. The van der Waals surface area contributed by atoms with Gasteiger partial charge in [-0.1, -0.05) is 18.2 Å². The summed E-state index contributed by atoms with van der Waals surface area (Å²) in [5.41, 5.74) is 1.57. The molecule has 0 aliphatic carbocycles. The number of carbonyl (C=O) groups excluding carboxylic acids is 1. The Morgan fingerprint density at radius 2 is 2.00 bits per heavy atom. The zero-order valence-corrected chi connectivity index (χ0v) is 9.10. The maximum atomic E-state index is 10.8. The molecule has 0 saturated carbocycles. The van der Waals surface area contributed by atoms with Gasteiger partial charge in [-0.25, -0.2) is 0 Å². The molecule has 3 heteroatoms. The highest BCUT2D eigenvalue weighted by Crippen LogP contribution is 2.18. The molecule has 74 valence electrons. The third kappa shape index (κ3) is 3.26. The molecule has 0 aliphatic rings. The summed E-state index contributed by atoms with van der Waals surface area (Å²) in [6.45, 7) is 3.39. The standard InChI is InChI=1S/C11H13NOS/c1-8(7-9(2)13)12-10-5-3-4-6-11(10)14/h3-6,14H,7H2,1-2H3/p-1. The zero-order valence-electron chi connectivity index (χ0n) is 8.28. The summed E-state index contributed by atoms with van der Waals surface area (Å²) in [6.07, 6.45) is 0.393. The van der Waals surface area contributed by atoms with Gasteiger partial charge in [0, 0.05) is 17.8 Å². The molecule has 0 heterocycles. The predicted molar refractivity (Wildman–Crippen MR) is 60.1 cm³/mol. The van der Waals surface area contributed by atoms with Crippen LogP contribution in [0.3, 0.4) is 0 Å². The topological polar surface area (TPSA) is 29.4 Å². The summed E-state index contributed by atoms with van der Waals surface area (Å²) in [6, 6.07) is 7.44. The largest absolute Gasteiger partial charge is 0.778 e. The molecule has 0 spiro atoms. The number of carbonyl (C=O) groups is 1. The molecule has 1 aromatic carbocycles. The summed E-state index contributed by atoms with van der Waals surface area (Å²) in [5, 5.41) is 0. The van der Waals surface area contributed by atoms with Gasteiger partial charge in [0.2, 0.25) is 0 Å². The van der Waals surface area contributed by atoms with Crippen LogP contribution in [0.1, 0.15) is 20.3 Å². The molecule has 0 saturated heterocycles. The highest BCUT2D eigenvalue weighted by Gasteiger charge is 1.97. The molecule has 0 bridgehead atoms. The van der Waals surface area contributed by atoms with Crippen molar-refractivity contribution in [3.05, 3.63) is 24.3 Å². The van der Waals surface area contributed by atoms with Crippen molar-refractivity contribution >= 4 is 29.8 Å². The van der Waals surface area contributed by atoms with Crippen LogP contribution in [0.25, 0.3) is 0 Å². The molecule has 0 fully saturated rings. The molecular weight excluding hydrogens is 194 g/mol. The van der Waals surface area contributed by atoms with E-state index in [1.54, 1.807) is 6.92 Å². The second-order valence-electron chi connectivity index (χ2n) is 3.19. The quantitative estimate of drug-likeness (QED) is 0.562. The van der Waals surface area contributed by atoms with Crippen molar-refractivity contribution in [3.63, 3.8) is 0 Å². The van der Waals surface area contributed by atoms with Crippen molar-refractivity contribution in [2.45, 2.75) is 25.2 Å². The van der Waals surface area contributed by atoms with Crippen LogP contribution in [-0.2, 0) is 17.4 Å². The van der Waals surface area contributed by atoms with E-state index in [2.05, 4.69) is 4.99 Å². The van der Waals surface area contributed by atoms with Crippen LogP contribution >= 0.6 is 0 Å². The van der Waals surface area contributed by atoms with Crippen molar-refractivity contribution in [2.24, 2.45) is 4.99 Å². The summed E-state index contributed by atoms with van der Waals surface area (Å²) in [5.74, 6) is 0.119. The SMILES string of the molecule is CC(=O)CC(C)=Nc1ccccc1[S-]. The van der Waals surface area contributed by atoms with Crippen molar-refractivity contribution < 1.29 is 4.79 Å². The number of Topliss-reactive ketones (excluding diaryl/α,β-unsaturated/α-hetero) is 1. The number of nitrogens with zero attached hydrogens (tertiary/aromatic N) is 1. The molecule has 0 unspecified atom stereocenters. The van der Waals surface area contributed by atoms with Gasteiger partial charge < -0.3 is 12.6 Å². The molecule has 0 N–H and O–H groups in total. The average molecular weight is 206 g/mol. The number of para-hydroxylation sites is 1. The van der Waals surface area contributed by atoms with E-state index in [0.717, 1.165) is 16.3 Å². The van der Waals surface area contributed by atoms with Gasteiger partial charge in [0.15, 0.2) is 0 Å². The minimum Gasteiger partial charge on any atom is -0.778 e. The number of hydrogen-bond donors (Lipinski definition) is 0. The van der Waals surface area contributed by atoms with E-state index in [4.69, 9.17) is 12.6 Å². The van der Waals surface area contributed by atoms with Gasteiger partial charge in [-0.05, 0) is 19.9 Å². The molecular formula is C11H12NOS-. The van der Waals surface area contributed by atoms with E-state index < -0.39 is 0 Å². The molecule has 0 atom stereocenters. The Labute approximate surface area is 89.5 Å². The zero-order chi connectivity index (χ0) is 10.6. The lowest BCUT2D eigenvalue weighted by Crippen LogP contribution is -1.99. The van der Waals surface area contributed by atoms with E-state index >= 15 is 0 Å². The summed E-state index contributed by atoms with van der Waals surface area (Å²) < 4.78 is 0. The van der Waals surface area contributed by atoms with Crippen molar-refractivity contribution in [2.75, 3.05) is 0 Å². The molecule has 0 amide bonds. The first-order valence-electron chi connectivity index (χ1n) is 4.39. The van der Waals surface area contributed by atoms with Crippen molar-refractivity contribution in [1.29, 1.82) is 0 Å². The minimum absolute atomic E-state index is 0.119. The van der Waals surface area contributed by atoms with Crippen LogP contribution in [0.15, 0.2) is 34.2 Å². The second-order valence-corrected chi connectivity index (χ2v) is 3.63. The molecule has 0 aliphatic heterocycles. The average Bonchev–Trinajstić information content (AvgIpc) is 2.07. The van der Waals surface area contributed by atoms with Crippen LogP contribution in [-0.4, -0.2) is 11.5 Å². The lowest BCUT2D eigenvalue weighted by molar-refractivity contribution is -0.115. The predicted octanol–water partition coefficient (Wildman–Crippen LogP) is 2.66. The smallest absolute Gasteiger partial charge is 0.135 e. The van der Waals surface area contributed by atoms with Crippen LogP contribution in [0.5, 0.6) is 0 Å². The van der Waals surface area contributed by atoms with Gasteiger partial charge in [0.25, 0.3) is 0 Å². The van der Waals surface area contributed by atoms with Crippen molar-refractivity contribution in [3.8, 4) is 0 Å². The number of ketones is 1. The van der Waals surface area contributed by atoms with E-state index in [1.807, 2.05) is 31.2 Å². The maximum Gasteiger partial charge on any atom is 0.135 e. The molecule has 14 heavy (non-hydrogen) atoms. The van der Waals surface area contributed by atoms with Crippen LogP contribution in [0.2, 0.25) is 0 Å². The molecule has 1 aromatic rings. The normalized spacial score (nSPS) is 11.4. The highest BCUT2D eigenvalue weighted by atomic mass is 32.1. The summed E-state index contributed by atoms with van der Waals surface area (Å²) in [4.78, 5) is 15.8. The number of aliphatic imine (C=N–C) groups is 1. The first-order chi connectivity index (χ1) is 6.59. The Hall–Kier alpha value is -1.22. The Kier molecular flexibility index (Phi) is 3.77. The van der Waals surface area contributed by atoms with Crippen molar-refractivity contribution in [1.82, 2.24) is 0 Å². The van der Waals surface area contributed by atoms with Crippen LogP contribution < -0.4 is 0 Å². The molecule has 1 rings (SSSR count). The first-order valence-corrected chi connectivity index (χ1v) is 4.80. The molecule has 2 nitrogen and oxygen atoms in total. The number of benzene rings is 1. The Bertz CT molecular complexity index is 371. The van der Waals surface area contributed by atoms with E-state index in [0.29, 0.717) is 6.42 Å². The fraction of sp³-hybridized carbons (Fsp3) is 0.273. The van der Waals surface area contributed by atoms with Gasteiger partial charge in [-0.3, -0.25) is 9.79 Å². The lowest BCUT2D eigenvalue weighted by atomic mass is 10.2. The van der Waals surface area contributed by atoms with E-state index in [9.17, 15) is 4.79 Å². The minimum atomic E-state index is 0.119. The molecule has 0 aromatic heterocycles. The number of hydrogen-bond acceptors (Lipinski definition) is 3. The second kappa shape index (κ2) is 4.86. The van der Waals surface area contributed by atoms with E-state index in [1.165, 1.54) is 0 Å². The van der Waals surface area contributed by atoms with Gasteiger partial charge in [0.05, 0.1) is 0 Å². The fourth-order valence-electron chi connectivity index (χ4n) is 1.15. The lowest BCUT2D eigenvalue weighted by Gasteiger charge is -2.09. The third-order valence-corrected chi connectivity index (χ3v) is 2.03. The Morgan fingerprint density at radius 3 is 2.57 bits per heavy atom. The Morgan fingerprint density at radius 1 is 1.36 bits per heavy atom. The van der Waals surface area contributed by atoms with Gasteiger partial charge >= 0.3 is 0 Å². The van der Waals surface area contributed by atoms with Gasteiger partial charge in [-0.15, -0.1) is 4.90 Å². The van der Waals surface area contributed by atoms with Crippen LogP contribution in [0.4, 0.5) is 5.69 Å². The van der Waals surface area contributed by atoms with E-state index in [-0.39, 0.29) is 5.78 Å². The molecule has 0 radical (unpaired) electrons. The van der Waals surface area contributed by atoms with Gasteiger partial charge in [0.1, 0.15) is 5.78 Å². The fourth-order valence-corrected chi connectivity index (χ4v) is 1.35. The first kappa shape index (κ1) is 10.9. The van der Waals surface area contributed by atoms with Crippen LogP contribution in [0, 0.1) is 0 Å². The third-order valence-electron chi connectivity index (χ3n) is 1.68. The summed E-state index contributed by atoms with van der Waals surface area (Å²) >= 11 is 5.09. The monoisotopic (exact) mass is 206 g/mol.